The molecule has 0 aliphatic rings. The molecule has 0 aliphatic heterocycles. The molecule has 0 fully saturated rings. The number of nitrogens with one attached hydrogen (secondary N) is 1. The first kappa shape index (κ1) is 15.5. The molecule has 19 heavy (non-hydrogen) atoms. The molecule has 0 spiro atoms. The topological polar surface area (TPSA) is 69.2 Å². The molecule has 0 amide bonds. The van der Waals surface area contributed by atoms with Crippen LogP contribution in [0.15, 0.2) is 0 Å². The molecule has 0 aliphatic carbocycles. The molecule has 1 unspecified atom stereocenters. The Balaban J connectivity index is 2.75. The van der Waals surface area contributed by atoms with Crippen LogP contribution in [0.4, 0.5) is 5.95 Å². The van der Waals surface area contributed by atoms with E-state index in [4.69, 9.17) is 9.47 Å². The van der Waals surface area contributed by atoms with Crippen LogP contribution < -0.4 is 14.8 Å². The molecule has 0 saturated carbocycles. The summed E-state index contributed by atoms with van der Waals surface area (Å²) in [5, 5.41) is 3.10. The average Bonchev–Trinajstić information content (AvgIpc) is 2.34. The largest absolute Gasteiger partial charge is 0.467 e. The van der Waals surface area contributed by atoms with Crippen LogP contribution in [0.1, 0.15) is 40.5 Å². The molecule has 1 atom stereocenters. The van der Waals surface area contributed by atoms with Crippen LogP contribution in [-0.2, 0) is 0 Å². The van der Waals surface area contributed by atoms with Gasteiger partial charge in [0.1, 0.15) is 0 Å². The van der Waals surface area contributed by atoms with E-state index in [1.54, 1.807) is 0 Å². The number of ether oxygens (including phenoxy) is 2. The smallest absolute Gasteiger partial charge is 0.324 e. The highest BCUT2D eigenvalue weighted by Crippen LogP contribution is 2.16. The third-order valence-corrected chi connectivity index (χ3v) is 2.42. The Hall–Kier alpha value is -1.59. The van der Waals surface area contributed by atoms with Gasteiger partial charge in [-0.2, -0.15) is 9.97 Å². The van der Waals surface area contributed by atoms with Crippen LogP contribution in [0.3, 0.4) is 0 Å². The second-order valence-electron chi connectivity index (χ2n) is 4.91. The van der Waals surface area contributed by atoms with Gasteiger partial charge in [-0.15, -0.1) is 4.98 Å². The Morgan fingerprint density at radius 2 is 1.79 bits per heavy atom. The summed E-state index contributed by atoms with van der Waals surface area (Å²) in [5.41, 5.74) is 0. The van der Waals surface area contributed by atoms with Crippen LogP contribution in [0, 0.1) is 5.92 Å². The summed E-state index contributed by atoms with van der Waals surface area (Å²) in [4.78, 5) is 12.5. The first-order chi connectivity index (χ1) is 9.05. The highest BCUT2D eigenvalue weighted by Gasteiger charge is 2.12. The van der Waals surface area contributed by atoms with E-state index >= 15 is 0 Å². The van der Waals surface area contributed by atoms with Crippen LogP contribution >= 0.6 is 0 Å². The van der Waals surface area contributed by atoms with Gasteiger partial charge in [0.05, 0.1) is 13.2 Å². The lowest BCUT2D eigenvalue weighted by molar-refractivity contribution is 0.175. The molecule has 1 heterocycles. The summed E-state index contributed by atoms with van der Waals surface area (Å²) in [6, 6.07) is 0.568. The van der Waals surface area contributed by atoms with Gasteiger partial charge in [-0.05, 0) is 25.7 Å². The van der Waals surface area contributed by atoms with Crippen molar-refractivity contribution in [3.63, 3.8) is 0 Å². The molecular formula is C13H24N4O2. The normalized spacial score (nSPS) is 12.3. The minimum Gasteiger partial charge on any atom is -0.467 e. The van der Waals surface area contributed by atoms with Gasteiger partial charge < -0.3 is 14.8 Å². The van der Waals surface area contributed by atoms with Crippen molar-refractivity contribution in [1.29, 1.82) is 0 Å². The van der Waals surface area contributed by atoms with Gasteiger partial charge in [0.25, 0.3) is 0 Å². The number of aromatic nitrogens is 3. The zero-order valence-corrected chi connectivity index (χ0v) is 12.4. The number of methoxy groups -OCH3 is 1. The van der Waals surface area contributed by atoms with Gasteiger partial charge in [-0.1, -0.05) is 20.8 Å². The molecule has 6 nitrogen and oxygen atoms in total. The maximum atomic E-state index is 5.71. The monoisotopic (exact) mass is 268 g/mol. The standard InChI is InChI=1S/C13H24N4O2/c1-6-7-14-11-15-12(18-5)17-13(16-11)19-10(4)8-9(2)3/h9-10H,6-8H2,1-5H3,(H,14,15,16,17). The summed E-state index contributed by atoms with van der Waals surface area (Å²) < 4.78 is 10.8. The molecule has 1 aromatic heterocycles. The lowest BCUT2D eigenvalue weighted by atomic mass is 10.1. The molecule has 1 N–H and O–H groups in total. The molecule has 1 aromatic rings. The molecular weight excluding hydrogens is 244 g/mol. The van der Waals surface area contributed by atoms with Crippen molar-refractivity contribution in [3.05, 3.63) is 0 Å². The maximum absolute atomic E-state index is 5.71. The summed E-state index contributed by atoms with van der Waals surface area (Å²) >= 11 is 0. The predicted octanol–water partition coefficient (Wildman–Crippen LogP) is 2.52. The second-order valence-corrected chi connectivity index (χ2v) is 4.91. The fourth-order valence-corrected chi connectivity index (χ4v) is 1.69. The van der Waals surface area contributed by atoms with E-state index in [1.165, 1.54) is 7.11 Å². The Morgan fingerprint density at radius 1 is 1.11 bits per heavy atom. The van der Waals surface area contributed by atoms with E-state index in [1.807, 2.05) is 6.92 Å². The van der Waals surface area contributed by atoms with Crippen LogP contribution in [0.5, 0.6) is 12.0 Å². The fraction of sp³-hybridized carbons (Fsp3) is 0.769. The lowest BCUT2D eigenvalue weighted by Crippen LogP contribution is -2.17. The van der Waals surface area contributed by atoms with Gasteiger partial charge in [0, 0.05) is 6.54 Å². The number of rotatable bonds is 8. The summed E-state index contributed by atoms with van der Waals surface area (Å²) in [6.07, 6.45) is 2.01. The summed E-state index contributed by atoms with van der Waals surface area (Å²) in [6.45, 7) is 9.20. The third-order valence-electron chi connectivity index (χ3n) is 2.42. The molecule has 1 rings (SSSR count). The van der Waals surface area contributed by atoms with Crippen molar-refractivity contribution < 1.29 is 9.47 Å². The van der Waals surface area contributed by atoms with Gasteiger partial charge in [0.15, 0.2) is 0 Å². The van der Waals surface area contributed by atoms with Crippen molar-refractivity contribution in [2.75, 3.05) is 19.0 Å². The van der Waals surface area contributed by atoms with E-state index in [-0.39, 0.29) is 12.1 Å². The highest BCUT2D eigenvalue weighted by molar-refractivity contribution is 5.27. The maximum Gasteiger partial charge on any atom is 0.324 e. The van der Waals surface area contributed by atoms with Crippen molar-refractivity contribution in [3.8, 4) is 12.0 Å². The van der Waals surface area contributed by atoms with Gasteiger partial charge in [-0.3, -0.25) is 0 Å². The lowest BCUT2D eigenvalue weighted by Gasteiger charge is -2.15. The second kappa shape index (κ2) is 7.76. The Morgan fingerprint density at radius 3 is 2.37 bits per heavy atom. The first-order valence-corrected chi connectivity index (χ1v) is 6.75. The highest BCUT2D eigenvalue weighted by atomic mass is 16.5. The number of hydrogen-bond acceptors (Lipinski definition) is 6. The van der Waals surface area contributed by atoms with E-state index in [0.29, 0.717) is 17.9 Å². The predicted molar refractivity (Wildman–Crippen MR) is 74.7 cm³/mol. The van der Waals surface area contributed by atoms with Crippen molar-refractivity contribution >= 4 is 5.95 Å². The number of hydrogen-bond donors (Lipinski definition) is 1. The van der Waals surface area contributed by atoms with E-state index < -0.39 is 0 Å². The van der Waals surface area contributed by atoms with Crippen LogP contribution in [0.2, 0.25) is 0 Å². The minimum absolute atomic E-state index is 0.0612. The number of anilines is 1. The van der Waals surface area contributed by atoms with E-state index in [9.17, 15) is 0 Å². The van der Waals surface area contributed by atoms with E-state index in [0.717, 1.165) is 19.4 Å². The number of nitrogens with zero attached hydrogens (tertiary/aromatic N) is 3. The molecule has 0 radical (unpaired) electrons. The Bertz CT molecular complexity index is 385. The van der Waals surface area contributed by atoms with Crippen LogP contribution in [-0.4, -0.2) is 34.7 Å². The third kappa shape index (κ3) is 5.72. The summed E-state index contributed by atoms with van der Waals surface area (Å²) in [7, 11) is 1.53. The van der Waals surface area contributed by atoms with E-state index in [2.05, 4.69) is 41.0 Å². The van der Waals surface area contributed by atoms with Crippen molar-refractivity contribution in [1.82, 2.24) is 15.0 Å². The quantitative estimate of drug-likeness (QED) is 0.781. The average molecular weight is 268 g/mol. The molecule has 0 saturated heterocycles. The molecule has 6 heteroatoms. The van der Waals surface area contributed by atoms with Gasteiger partial charge in [0.2, 0.25) is 5.95 Å². The molecule has 0 bridgehead atoms. The van der Waals surface area contributed by atoms with Crippen molar-refractivity contribution in [2.24, 2.45) is 5.92 Å². The van der Waals surface area contributed by atoms with Crippen molar-refractivity contribution in [2.45, 2.75) is 46.6 Å². The first-order valence-electron chi connectivity index (χ1n) is 6.75. The van der Waals surface area contributed by atoms with Gasteiger partial charge >= 0.3 is 12.0 Å². The molecule has 0 aromatic carbocycles. The zero-order valence-electron chi connectivity index (χ0n) is 12.4. The summed E-state index contributed by atoms with van der Waals surface area (Å²) in [5.74, 6) is 1.05. The fourth-order valence-electron chi connectivity index (χ4n) is 1.69. The SMILES string of the molecule is CCCNc1nc(OC)nc(OC(C)CC(C)C)n1. The Kier molecular flexibility index (Phi) is 6.32. The van der Waals surface area contributed by atoms with Gasteiger partial charge in [-0.25, -0.2) is 0 Å². The zero-order chi connectivity index (χ0) is 14.3. The minimum atomic E-state index is 0.0612. The Labute approximate surface area is 115 Å². The molecule has 108 valence electrons. The van der Waals surface area contributed by atoms with Crippen LogP contribution in [0.25, 0.3) is 0 Å².